The Morgan fingerprint density at radius 2 is 2.00 bits per heavy atom. The van der Waals surface area contributed by atoms with Gasteiger partial charge in [-0.15, -0.1) is 0 Å². The number of carbonyl (C=O) groups is 1. The first-order valence-electron chi connectivity index (χ1n) is 6.02. The van der Waals surface area contributed by atoms with Gasteiger partial charge in [-0.3, -0.25) is 14.7 Å². The zero-order chi connectivity index (χ0) is 14.1. The Kier molecular flexibility index (Phi) is 2.83. The molecule has 0 atom stereocenters. The molecule has 20 heavy (non-hydrogen) atoms. The highest BCUT2D eigenvalue weighted by molar-refractivity contribution is 5.70. The molecule has 0 bridgehead atoms. The first kappa shape index (κ1) is 12.2. The van der Waals surface area contributed by atoms with Crippen LogP contribution in [0, 0.1) is 0 Å². The van der Waals surface area contributed by atoms with E-state index in [2.05, 4.69) is 10.1 Å². The molecule has 0 saturated carbocycles. The van der Waals surface area contributed by atoms with Gasteiger partial charge in [-0.25, -0.2) is 9.50 Å². The molecule has 0 aliphatic rings. The molecule has 0 spiro atoms. The van der Waals surface area contributed by atoms with E-state index in [-0.39, 0.29) is 17.7 Å². The molecule has 0 saturated heterocycles. The quantitative estimate of drug-likeness (QED) is 0.750. The van der Waals surface area contributed by atoms with Gasteiger partial charge in [0.15, 0.2) is 5.65 Å². The molecule has 6 nitrogen and oxygen atoms in total. The summed E-state index contributed by atoms with van der Waals surface area (Å²) >= 11 is 0. The van der Waals surface area contributed by atoms with E-state index in [0.717, 1.165) is 11.3 Å². The fourth-order valence-corrected chi connectivity index (χ4v) is 2.05. The number of rotatable bonds is 3. The maximum atomic E-state index is 11.9. The molecule has 0 fully saturated rings. The second-order valence-electron chi connectivity index (χ2n) is 4.39. The van der Waals surface area contributed by atoms with Crippen LogP contribution in [0.1, 0.15) is 5.69 Å². The van der Waals surface area contributed by atoms with Crippen LogP contribution in [0.3, 0.4) is 0 Å². The van der Waals surface area contributed by atoms with Crippen LogP contribution in [0.2, 0.25) is 0 Å². The minimum atomic E-state index is -1.01. The molecular formula is C14H11N3O3. The van der Waals surface area contributed by atoms with E-state index >= 15 is 0 Å². The minimum absolute atomic E-state index is 0.251. The lowest BCUT2D eigenvalue weighted by Gasteiger charge is -1.97. The topological polar surface area (TPSA) is 87.5 Å². The summed E-state index contributed by atoms with van der Waals surface area (Å²) in [6.07, 6.45) is -0.266. The van der Waals surface area contributed by atoms with Crippen molar-refractivity contribution in [1.82, 2.24) is 14.6 Å². The van der Waals surface area contributed by atoms with E-state index in [1.165, 1.54) is 10.6 Å². The normalized spacial score (nSPS) is 10.8. The van der Waals surface area contributed by atoms with Crippen molar-refractivity contribution in [1.29, 1.82) is 0 Å². The molecule has 2 N–H and O–H groups in total. The van der Waals surface area contributed by atoms with E-state index < -0.39 is 5.97 Å². The number of H-pyrrole nitrogens is 1. The van der Waals surface area contributed by atoms with Gasteiger partial charge in [-0.2, -0.15) is 0 Å². The summed E-state index contributed by atoms with van der Waals surface area (Å²) in [7, 11) is 0. The fraction of sp³-hybridized carbons (Fsp3) is 0.0714. The van der Waals surface area contributed by atoms with Crippen molar-refractivity contribution in [2.24, 2.45) is 0 Å². The molecule has 3 rings (SSSR count). The van der Waals surface area contributed by atoms with Gasteiger partial charge in [0.25, 0.3) is 5.56 Å². The fourth-order valence-electron chi connectivity index (χ4n) is 2.05. The van der Waals surface area contributed by atoms with E-state index in [4.69, 9.17) is 5.11 Å². The summed E-state index contributed by atoms with van der Waals surface area (Å²) in [6, 6.07) is 12.5. The van der Waals surface area contributed by atoms with Crippen molar-refractivity contribution in [3.63, 3.8) is 0 Å². The second-order valence-corrected chi connectivity index (χ2v) is 4.39. The molecular weight excluding hydrogens is 258 g/mol. The standard InChI is InChI=1S/C14H11N3O3/c18-13-6-10(7-14(19)20)15-12-8-11(16-17(12)13)9-4-2-1-3-5-9/h1-6,8,16H,7H2,(H,19,20). The van der Waals surface area contributed by atoms with Crippen LogP contribution in [0.25, 0.3) is 16.9 Å². The van der Waals surface area contributed by atoms with Crippen LogP contribution in [0.15, 0.2) is 47.3 Å². The molecule has 2 heterocycles. The molecule has 0 aliphatic heterocycles. The molecule has 100 valence electrons. The Morgan fingerprint density at radius 1 is 1.25 bits per heavy atom. The van der Waals surface area contributed by atoms with Crippen molar-refractivity contribution in [3.05, 3.63) is 58.5 Å². The van der Waals surface area contributed by atoms with Gasteiger partial charge in [0, 0.05) is 12.1 Å². The van der Waals surface area contributed by atoms with Gasteiger partial charge < -0.3 is 5.11 Å². The zero-order valence-electron chi connectivity index (χ0n) is 10.4. The third-order valence-electron chi connectivity index (χ3n) is 2.92. The number of aromatic nitrogens is 3. The predicted octanol–water partition coefficient (Wildman–Crippen LogP) is 1.32. The van der Waals surface area contributed by atoms with Crippen molar-refractivity contribution in [3.8, 4) is 11.3 Å². The molecule has 1 aromatic carbocycles. The number of benzene rings is 1. The minimum Gasteiger partial charge on any atom is -0.481 e. The lowest BCUT2D eigenvalue weighted by molar-refractivity contribution is -0.136. The van der Waals surface area contributed by atoms with Crippen LogP contribution >= 0.6 is 0 Å². The highest BCUT2D eigenvalue weighted by Gasteiger charge is 2.09. The van der Waals surface area contributed by atoms with Crippen molar-refractivity contribution >= 4 is 11.6 Å². The number of carboxylic acid groups (broad SMARTS) is 1. The van der Waals surface area contributed by atoms with E-state index in [1.54, 1.807) is 6.07 Å². The van der Waals surface area contributed by atoms with Crippen LogP contribution < -0.4 is 5.56 Å². The number of aliphatic carboxylic acids is 1. The molecule has 0 amide bonds. The largest absolute Gasteiger partial charge is 0.481 e. The summed E-state index contributed by atoms with van der Waals surface area (Å²) < 4.78 is 1.30. The number of fused-ring (bicyclic) bond motifs is 1. The number of nitrogens with one attached hydrogen (secondary N) is 1. The van der Waals surface area contributed by atoms with Gasteiger partial charge in [0.05, 0.1) is 17.8 Å². The Hall–Kier alpha value is -2.89. The Morgan fingerprint density at radius 3 is 2.70 bits per heavy atom. The van der Waals surface area contributed by atoms with Gasteiger partial charge in [0.1, 0.15) is 0 Å². The Balaban J connectivity index is 2.14. The number of nitrogens with zero attached hydrogens (tertiary/aromatic N) is 2. The third-order valence-corrected chi connectivity index (χ3v) is 2.92. The SMILES string of the molecule is O=C(O)Cc1cc(=O)n2[nH]c(-c3ccccc3)cc2n1. The van der Waals surface area contributed by atoms with Crippen molar-refractivity contribution < 1.29 is 9.90 Å². The summed E-state index contributed by atoms with van der Waals surface area (Å²) in [6.45, 7) is 0. The lowest BCUT2D eigenvalue weighted by Crippen LogP contribution is -2.16. The third kappa shape index (κ3) is 2.18. The molecule has 2 aromatic heterocycles. The lowest BCUT2D eigenvalue weighted by atomic mass is 10.2. The second kappa shape index (κ2) is 4.65. The monoisotopic (exact) mass is 269 g/mol. The van der Waals surface area contributed by atoms with Crippen molar-refractivity contribution in [2.75, 3.05) is 0 Å². The maximum absolute atomic E-state index is 11.9. The first-order valence-corrected chi connectivity index (χ1v) is 6.02. The Labute approximate surface area is 113 Å². The molecule has 6 heteroatoms. The average Bonchev–Trinajstić information content (AvgIpc) is 2.83. The van der Waals surface area contributed by atoms with Gasteiger partial charge in [-0.05, 0) is 5.56 Å². The van der Waals surface area contributed by atoms with E-state index in [9.17, 15) is 9.59 Å². The summed E-state index contributed by atoms with van der Waals surface area (Å²) in [4.78, 5) is 26.8. The summed E-state index contributed by atoms with van der Waals surface area (Å²) in [5.74, 6) is -1.01. The molecule has 0 aliphatic carbocycles. The van der Waals surface area contributed by atoms with E-state index in [0.29, 0.717) is 5.65 Å². The number of hydrogen-bond donors (Lipinski definition) is 2. The molecule has 0 radical (unpaired) electrons. The summed E-state index contributed by atoms with van der Waals surface area (Å²) in [5.41, 5.74) is 2.02. The van der Waals surface area contributed by atoms with Crippen LogP contribution in [0.4, 0.5) is 0 Å². The van der Waals surface area contributed by atoms with Crippen LogP contribution in [0.5, 0.6) is 0 Å². The molecule has 0 unspecified atom stereocenters. The van der Waals surface area contributed by atoms with Gasteiger partial charge >= 0.3 is 5.97 Å². The van der Waals surface area contributed by atoms with Crippen LogP contribution in [-0.4, -0.2) is 25.7 Å². The number of hydrogen-bond acceptors (Lipinski definition) is 3. The zero-order valence-corrected chi connectivity index (χ0v) is 10.4. The highest BCUT2D eigenvalue weighted by atomic mass is 16.4. The first-order chi connectivity index (χ1) is 9.63. The number of aromatic amines is 1. The number of carboxylic acids is 1. The predicted molar refractivity (Wildman–Crippen MR) is 72.6 cm³/mol. The summed E-state index contributed by atoms with van der Waals surface area (Å²) in [5, 5.41) is 11.7. The Bertz CT molecular complexity index is 834. The van der Waals surface area contributed by atoms with Crippen LogP contribution in [-0.2, 0) is 11.2 Å². The highest BCUT2D eigenvalue weighted by Crippen LogP contribution is 2.17. The maximum Gasteiger partial charge on any atom is 0.309 e. The molecule has 3 aromatic rings. The average molecular weight is 269 g/mol. The van der Waals surface area contributed by atoms with Gasteiger partial charge in [-0.1, -0.05) is 30.3 Å². The van der Waals surface area contributed by atoms with Crippen molar-refractivity contribution in [2.45, 2.75) is 6.42 Å². The van der Waals surface area contributed by atoms with E-state index in [1.807, 2.05) is 30.3 Å². The van der Waals surface area contributed by atoms with Gasteiger partial charge in [0.2, 0.25) is 0 Å². The smallest absolute Gasteiger partial charge is 0.309 e.